The van der Waals surface area contributed by atoms with E-state index in [0.717, 1.165) is 25.3 Å². The molecule has 0 radical (unpaired) electrons. The van der Waals surface area contributed by atoms with E-state index in [1.807, 2.05) is 0 Å². The molecule has 6 heteroatoms. The van der Waals surface area contributed by atoms with Gasteiger partial charge in [0.2, 0.25) is 0 Å². The van der Waals surface area contributed by atoms with E-state index in [1.165, 1.54) is 12.1 Å². The van der Waals surface area contributed by atoms with Crippen LogP contribution in [0.4, 0.5) is 14.5 Å². The first-order chi connectivity index (χ1) is 9.03. The Morgan fingerprint density at radius 3 is 2.84 bits per heavy atom. The van der Waals surface area contributed by atoms with E-state index in [2.05, 4.69) is 21.7 Å². The van der Waals surface area contributed by atoms with Gasteiger partial charge >= 0.3 is 6.29 Å². The highest BCUT2D eigenvalue weighted by atomic mass is 19.3. The van der Waals surface area contributed by atoms with E-state index in [4.69, 9.17) is 4.74 Å². The molecule has 4 nitrogen and oxygen atoms in total. The van der Waals surface area contributed by atoms with Crippen LogP contribution in [0.1, 0.15) is 13.3 Å². The molecule has 1 N–H and O–H groups in total. The summed E-state index contributed by atoms with van der Waals surface area (Å²) in [6.45, 7) is 3.57. The smallest absolute Gasteiger partial charge is 0.395 e. The van der Waals surface area contributed by atoms with Crippen LogP contribution in [0.25, 0.3) is 0 Å². The molecule has 0 aromatic heterocycles. The maximum atomic E-state index is 12.9. The van der Waals surface area contributed by atoms with Gasteiger partial charge in [0.15, 0.2) is 11.5 Å². The second-order valence-electron chi connectivity index (χ2n) is 4.89. The van der Waals surface area contributed by atoms with E-state index >= 15 is 0 Å². The van der Waals surface area contributed by atoms with Gasteiger partial charge in [-0.25, -0.2) is 0 Å². The molecule has 0 aliphatic carbocycles. The Hall–Kier alpha value is -1.56. The number of ether oxygens (including phenoxy) is 3. The molecular formula is C13H15F2NO3. The van der Waals surface area contributed by atoms with Gasteiger partial charge in [0.25, 0.3) is 0 Å². The second-order valence-corrected chi connectivity index (χ2v) is 4.89. The van der Waals surface area contributed by atoms with Gasteiger partial charge in [0.05, 0.1) is 6.61 Å². The molecule has 0 amide bonds. The number of fused-ring (bicyclic) bond motifs is 1. The molecule has 0 spiro atoms. The van der Waals surface area contributed by atoms with Crippen LogP contribution >= 0.6 is 0 Å². The Balaban J connectivity index is 1.70. The van der Waals surface area contributed by atoms with Crippen molar-refractivity contribution in [3.8, 4) is 11.5 Å². The first-order valence-corrected chi connectivity index (χ1v) is 6.28. The lowest BCUT2D eigenvalue weighted by molar-refractivity contribution is -0.286. The third kappa shape index (κ3) is 2.58. The summed E-state index contributed by atoms with van der Waals surface area (Å²) in [6.07, 6.45) is -2.55. The van der Waals surface area contributed by atoms with E-state index in [9.17, 15) is 8.78 Å². The van der Waals surface area contributed by atoms with E-state index < -0.39 is 6.29 Å². The highest BCUT2D eigenvalue weighted by molar-refractivity contribution is 5.56. The molecule has 19 heavy (non-hydrogen) atoms. The van der Waals surface area contributed by atoms with Gasteiger partial charge in [-0.05, 0) is 25.5 Å². The minimum absolute atomic E-state index is 0.0601. The lowest BCUT2D eigenvalue weighted by Gasteiger charge is -2.20. The molecule has 104 valence electrons. The quantitative estimate of drug-likeness (QED) is 0.917. The molecule has 2 aliphatic rings. The van der Waals surface area contributed by atoms with Gasteiger partial charge in [0.1, 0.15) is 0 Å². The van der Waals surface area contributed by atoms with Crippen molar-refractivity contribution in [1.82, 2.24) is 0 Å². The number of halogens is 2. The molecule has 2 aliphatic heterocycles. The third-order valence-corrected chi connectivity index (χ3v) is 3.47. The largest absolute Gasteiger partial charge is 0.586 e. The van der Waals surface area contributed by atoms with E-state index in [0.29, 0.717) is 5.92 Å². The molecule has 1 fully saturated rings. The fraction of sp³-hybridized carbons (Fsp3) is 0.538. The van der Waals surface area contributed by atoms with Crippen LogP contribution in [0, 0.1) is 5.92 Å². The number of hydrogen-bond acceptors (Lipinski definition) is 4. The van der Waals surface area contributed by atoms with Gasteiger partial charge in [0, 0.05) is 30.3 Å². The molecule has 2 atom stereocenters. The first-order valence-electron chi connectivity index (χ1n) is 6.28. The zero-order chi connectivity index (χ0) is 13.5. The van der Waals surface area contributed by atoms with Gasteiger partial charge in [-0.3, -0.25) is 0 Å². The Morgan fingerprint density at radius 2 is 2.11 bits per heavy atom. The lowest BCUT2D eigenvalue weighted by Crippen LogP contribution is -2.26. The van der Waals surface area contributed by atoms with E-state index in [-0.39, 0.29) is 17.5 Å². The normalized spacial score (nSPS) is 25.3. The van der Waals surface area contributed by atoms with Crippen molar-refractivity contribution >= 4 is 5.69 Å². The monoisotopic (exact) mass is 271 g/mol. The van der Waals surface area contributed by atoms with Crippen molar-refractivity contribution in [3.63, 3.8) is 0 Å². The van der Waals surface area contributed by atoms with Crippen molar-refractivity contribution in [2.24, 2.45) is 5.92 Å². The third-order valence-electron chi connectivity index (χ3n) is 3.47. The van der Waals surface area contributed by atoms with Gasteiger partial charge in [-0.1, -0.05) is 0 Å². The second kappa shape index (κ2) is 4.52. The summed E-state index contributed by atoms with van der Waals surface area (Å²) in [7, 11) is 0. The minimum Gasteiger partial charge on any atom is -0.395 e. The van der Waals surface area contributed by atoms with Gasteiger partial charge < -0.3 is 19.5 Å². The van der Waals surface area contributed by atoms with Crippen LogP contribution in [0.5, 0.6) is 11.5 Å². The highest BCUT2D eigenvalue weighted by Crippen LogP contribution is 2.42. The van der Waals surface area contributed by atoms with Crippen LogP contribution < -0.4 is 14.8 Å². The maximum absolute atomic E-state index is 12.9. The number of rotatable bonds is 3. The number of benzene rings is 1. The van der Waals surface area contributed by atoms with Crippen LogP contribution in [-0.2, 0) is 4.74 Å². The molecule has 1 aromatic rings. The number of anilines is 1. The molecular weight excluding hydrogens is 256 g/mol. The van der Waals surface area contributed by atoms with Crippen molar-refractivity contribution in [2.45, 2.75) is 25.7 Å². The highest BCUT2D eigenvalue weighted by Gasteiger charge is 2.43. The molecule has 0 bridgehead atoms. The maximum Gasteiger partial charge on any atom is 0.586 e. The summed E-state index contributed by atoms with van der Waals surface area (Å²) >= 11 is 0. The molecule has 3 rings (SSSR count). The Labute approximate surface area is 109 Å². The topological polar surface area (TPSA) is 39.7 Å². The SMILES string of the molecule is CC(Nc1ccc2c(c1)OC(F)(F)O2)C1CCOC1. The Bertz CT molecular complexity index is 475. The van der Waals surface area contributed by atoms with Crippen molar-refractivity contribution in [3.05, 3.63) is 18.2 Å². The molecule has 2 heterocycles. The number of nitrogens with one attached hydrogen (secondary N) is 1. The fourth-order valence-electron chi connectivity index (χ4n) is 2.37. The Kier molecular flexibility index (Phi) is 2.97. The molecule has 0 saturated carbocycles. The molecule has 2 unspecified atom stereocenters. The number of alkyl halides is 2. The van der Waals surface area contributed by atoms with Crippen LogP contribution in [-0.4, -0.2) is 25.6 Å². The summed E-state index contributed by atoms with van der Waals surface area (Å²) in [5, 5.41) is 3.28. The standard InChI is InChI=1S/C13H15F2NO3/c1-8(9-4-5-17-7-9)16-10-2-3-11-12(6-10)19-13(14,15)18-11/h2-3,6,8-9,16H,4-5,7H2,1H3. The number of hydrogen-bond donors (Lipinski definition) is 1. The Morgan fingerprint density at radius 1 is 1.32 bits per heavy atom. The fourth-order valence-corrected chi connectivity index (χ4v) is 2.37. The zero-order valence-electron chi connectivity index (χ0n) is 10.5. The van der Waals surface area contributed by atoms with Gasteiger partial charge in [-0.2, -0.15) is 0 Å². The van der Waals surface area contributed by atoms with Crippen molar-refractivity contribution in [2.75, 3.05) is 18.5 Å². The predicted octanol–water partition coefficient (Wildman–Crippen LogP) is 2.85. The summed E-state index contributed by atoms with van der Waals surface area (Å²) < 4.78 is 39.9. The summed E-state index contributed by atoms with van der Waals surface area (Å²) in [5.41, 5.74) is 0.736. The van der Waals surface area contributed by atoms with Crippen LogP contribution in [0.15, 0.2) is 18.2 Å². The molecule has 1 saturated heterocycles. The first kappa shape index (κ1) is 12.5. The minimum atomic E-state index is -3.56. The molecule has 1 aromatic carbocycles. The lowest BCUT2D eigenvalue weighted by atomic mass is 10.0. The van der Waals surface area contributed by atoms with Crippen LogP contribution in [0.3, 0.4) is 0 Å². The summed E-state index contributed by atoms with van der Waals surface area (Å²) in [6, 6.07) is 4.93. The van der Waals surface area contributed by atoms with Crippen molar-refractivity contribution in [1.29, 1.82) is 0 Å². The van der Waals surface area contributed by atoms with Crippen LogP contribution in [0.2, 0.25) is 0 Å². The zero-order valence-corrected chi connectivity index (χ0v) is 10.5. The predicted molar refractivity (Wildman–Crippen MR) is 64.7 cm³/mol. The summed E-state index contributed by atoms with van der Waals surface area (Å²) in [5.74, 6) is 0.559. The van der Waals surface area contributed by atoms with Gasteiger partial charge in [-0.15, -0.1) is 8.78 Å². The average Bonchev–Trinajstić information content (AvgIpc) is 2.93. The van der Waals surface area contributed by atoms with Crippen molar-refractivity contribution < 1.29 is 23.0 Å². The summed E-state index contributed by atoms with van der Waals surface area (Å²) in [4.78, 5) is 0. The van der Waals surface area contributed by atoms with E-state index in [1.54, 1.807) is 6.07 Å². The average molecular weight is 271 g/mol.